The molecule has 10 heteroatoms. The molecule has 30 heavy (non-hydrogen) atoms. The predicted octanol–water partition coefficient (Wildman–Crippen LogP) is 1.61. The Hall–Kier alpha value is -2.82. The first kappa shape index (κ1) is 20.5. The van der Waals surface area contributed by atoms with E-state index in [-0.39, 0.29) is 12.0 Å². The van der Waals surface area contributed by atoms with Crippen LogP contribution in [0.2, 0.25) is 0 Å². The van der Waals surface area contributed by atoms with Gasteiger partial charge in [0.1, 0.15) is 6.33 Å². The van der Waals surface area contributed by atoms with Crippen LogP contribution in [0.5, 0.6) is 5.75 Å². The van der Waals surface area contributed by atoms with Crippen molar-refractivity contribution in [3.05, 3.63) is 35.5 Å². The van der Waals surface area contributed by atoms with Gasteiger partial charge in [-0.25, -0.2) is 4.98 Å². The summed E-state index contributed by atoms with van der Waals surface area (Å²) in [5.74, 6) is 1.39. The van der Waals surface area contributed by atoms with Gasteiger partial charge >= 0.3 is 0 Å². The average molecular weight is 412 g/mol. The highest BCUT2D eigenvalue weighted by Gasteiger charge is 2.26. The molecule has 3 aromatic rings. The van der Waals surface area contributed by atoms with Crippen LogP contribution < -0.4 is 20.9 Å². The molecule has 0 aromatic carbocycles. The molecule has 0 spiro atoms. The number of hydrogen-bond acceptors (Lipinski definition) is 9. The Morgan fingerprint density at radius 2 is 2.03 bits per heavy atom. The minimum atomic E-state index is 0.00298. The summed E-state index contributed by atoms with van der Waals surface area (Å²) in [5.41, 5.74) is 10.9. The van der Waals surface area contributed by atoms with E-state index in [1.807, 2.05) is 34.0 Å². The molecule has 0 saturated carbocycles. The van der Waals surface area contributed by atoms with E-state index in [4.69, 9.17) is 9.72 Å². The summed E-state index contributed by atoms with van der Waals surface area (Å²) in [6.07, 6.45) is 3.51. The van der Waals surface area contributed by atoms with Crippen LogP contribution in [-0.2, 0) is 6.54 Å². The van der Waals surface area contributed by atoms with Gasteiger partial charge in [0.25, 0.3) is 0 Å². The van der Waals surface area contributed by atoms with Crippen molar-refractivity contribution >= 4 is 17.3 Å². The number of nitrogens with zero attached hydrogens (tertiary/aromatic N) is 6. The largest absolute Gasteiger partial charge is 0.485 e. The number of hydrogen-bond donors (Lipinski definition) is 3. The van der Waals surface area contributed by atoms with Crippen LogP contribution in [0.15, 0.2) is 18.6 Å². The molecule has 3 aromatic heterocycles. The van der Waals surface area contributed by atoms with Crippen LogP contribution in [-0.4, -0.2) is 62.8 Å². The van der Waals surface area contributed by atoms with Crippen LogP contribution in [0.3, 0.4) is 0 Å². The monoisotopic (exact) mass is 411 g/mol. The van der Waals surface area contributed by atoms with Crippen molar-refractivity contribution in [2.24, 2.45) is 0 Å². The van der Waals surface area contributed by atoms with Gasteiger partial charge in [0.2, 0.25) is 11.6 Å². The van der Waals surface area contributed by atoms with E-state index >= 15 is 0 Å². The maximum atomic E-state index is 6.14. The van der Waals surface area contributed by atoms with Crippen LogP contribution in [0.1, 0.15) is 36.7 Å². The van der Waals surface area contributed by atoms with Crippen molar-refractivity contribution in [3.63, 3.8) is 0 Å². The smallest absolute Gasteiger partial charge is 0.247 e. The minimum absolute atomic E-state index is 0.00298. The van der Waals surface area contributed by atoms with Gasteiger partial charge in [-0.05, 0) is 46.5 Å². The first-order valence-corrected chi connectivity index (χ1v) is 10.2. The predicted molar refractivity (Wildman–Crippen MR) is 115 cm³/mol. The fourth-order valence-electron chi connectivity index (χ4n) is 3.49. The Bertz CT molecular complexity index is 1020. The van der Waals surface area contributed by atoms with Gasteiger partial charge in [0.05, 0.1) is 17.5 Å². The topological polar surface area (TPSA) is 105 Å². The highest BCUT2D eigenvalue weighted by atomic mass is 16.5. The summed E-state index contributed by atoms with van der Waals surface area (Å²) in [4.78, 5) is 16.0. The Kier molecular flexibility index (Phi) is 5.80. The van der Waals surface area contributed by atoms with Gasteiger partial charge in [-0.15, -0.1) is 5.10 Å². The second kappa shape index (κ2) is 8.50. The summed E-state index contributed by atoms with van der Waals surface area (Å²) in [5, 5.41) is 7.90. The van der Waals surface area contributed by atoms with E-state index in [1.54, 1.807) is 17.0 Å². The van der Waals surface area contributed by atoms with E-state index in [0.717, 1.165) is 42.3 Å². The van der Waals surface area contributed by atoms with Gasteiger partial charge in [0.15, 0.2) is 5.75 Å². The van der Waals surface area contributed by atoms with E-state index < -0.39 is 0 Å². The molecule has 0 unspecified atom stereocenters. The maximum Gasteiger partial charge on any atom is 0.247 e. The molecule has 0 amide bonds. The minimum Gasteiger partial charge on any atom is -0.485 e. The zero-order valence-electron chi connectivity index (χ0n) is 18.1. The van der Waals surface area contributed by atoms with Gasteiger partial charge in [-0.3, -0.25) is 15.8 Å². The van der Waals surface area contributed by atoms with Crippen molar-refractivity contribution in [3.8, 4) is 5.75 Å². The second-order valence-corrected chi connectivity index (χ2v) is 8.08. The molecule has 1 fully saturated rings. The molecular weight excluding hydrogens is 382 g/mol. The number of rotatable bonds is 7. The highest BCUT2D eigenvalue weighted by Crippen LogP contribution is 2.31. The molecular formula is C20H29N9O. The lowest BCUT2D eigenvalue weighted by molar-refractivity contribution is 0.239. The van der Waals surface area contributed by atoms with Gasteiger partial charge in [0, 0.05) is 37.4 Å². The quantitative estimate of drug-likeness (QED) is 0.535. The fraction of sp³-hybridized carbons (Fsp3) is 0.500. The molecule has 4 heterocycles. The standard InChI is InChI=1S/C20H29N9O/c1-12(2)30-18-17(14-8-23-24-9-14)22-11-29-19(18)26-20(27-29)25-15-6-7-21-16(13(15)3)10-28(4)5/h6-7,11-12,14,23-24H,8-10H2,1-5H3,(H,21,25,27). The summed E-state index contributed by atoms with van der Waals surface area (Å²) in [7, 11) is 4.06. The molecule has 0 bridgehead atoms. The number of pyridine rings is 1. The number of hydrazine groups is 1. The second-order valence-electron chi connectivity index (χ2n) is 8.08. The fourth-order valence-corrected chi connectivity index (χ4v) is 3.49. The van der Waals surface area contributed by atoms with Crippen LogP contribution in [0.25, 0.3) is 5.65 Å². The van der Waals surface area contributed by atoms with Crippen LogP contribution in [0, 0.1) is 6.92 Å². The molecule has 1 aliphatic heterocycles. The van der Waals surface area contributed by atoms with Gasteiger partial charge in [-0.1, -0.05) is 0 Å². The SMILES string of the molecule is Cc1c(Nc2nc3c(OC(C)C)c(C4CNNC4)ncn3n2)ccnc1CN(C)C. The Morgan fingerprint density at radius 1 is 1.27 bits per heavy atom. The number of anilines is 2. The van der Waals surface area contributed by atoms with Gasteiger partial charge < -0.3 is 15.0 Å². The zero-order valence-corrected chi connectivity index (χ0v) is 18.1. The zero-order chi connectivity index (χ0) is 21.3. The lowest BCUT2D eigenvalue weighted by atomic mass is 10.1. The average Bonchev–Trinajstić information content (AvgIpc) is 3.34. The summed E-state index contributed by atoms with van der Waals surface area (Å²) >= 11 is 0. The molecule has 4 rings (SSSR count). The number of aromatic nitrogens is 5. The number of ether oxygens (including phenoxy) is 1. The summed E-state index contributed by atoms with van der Waals surface area (Å²) in [6, 6.07) is 1.94. The Morgan fingerprint density at radius 3 is 2.73 bits per heavy atom. The molecule has 0 aliphatic carbocycles. The molecule has 1 saturated heterocycles. The van der Waals surface area contributed by atoms with E-state index in [9.17, 15) is 0 Å². The lowest BCUT2D eigenvalue weighted by Crippen LogP contribution is -2.21. The molecule has 10 nitrogen and oxygen atoms in total. The first-order valence-electron chi connectivity index (χ1n) is 10.2. The molecule has 3 N–H and O–H groups in total. The van der Waals surface area contributed by atoms with Crippen molar-refractivity contribution in [1.82, 2.24) is 40.3 Å². The lowest BCUT2D eigenvalue weighted by Gasteiger charge is -2.16. The van der Waals surface area contributed by atoms with Crippen LogP contribution in [0.4, 0.5) is 11.6 Å². The number of nitrogens with one attached hydrogen (secondary N) is 3. The Labute approximate surface area is 176 Å². The first-order chi connectivity index (χ1) is 14.4. The van der Waals surface area contributed by atoms with Crippen molar-refractivity contribution in [1.29, 1.82) is 0 Å². The molecule has 0 atom stereocenters. The van der Waals surface area contributed by atoms with Crippen LogP contribution >= 0.6 is 0 Å². The van der Waals surface area contributed by atoms with Crippen molar-refractivity contribution in [2.75, 3.05) is 32.5 Å². The molecule has 160 valence electrons. The third-order valence-corrected chi connectivity index (χ3v) is 4.96. The molecule has 1 aliphatic rings. The van der Waals surface area contributed by atoms with Crippen molar-refractivity contribution in [2.45, 2.75) is 39.3 Å². The molecule has 0 radical (unpaired) electrons. The van der Waals surface area contributed by atoms with E-state index in [1.165, 1.54) is 0 Å². The third-order valence-electron chi connectivity index (χ3n) is 4.96. The number of fused-ring (bicyclic) bond motifs is 1. The Balaban J connectivity index is 1.70. The summed E-state index contributed by atoms with van der Waals surface area (Å²) in [6.45, 7) is 8.41. The third kappa shape index (κ3) is 4.20. The maximum absolute atomic E-state index is 6.14. The highest BCUT2D eigenvalue weighted by molar-refractivity contribution is 5.63. The van der Waals surface area contributed by atoms with E-state index in [0.29, 0.717) is 17.3 Å². The van der Waals surface area contributed by atoms with Crippen molar-refractivity contribution < 1.29 is 4.74 Å². The van der Waals surface area contributed by atoms with E-state index in [2.05, 4.69) is 43.1 Å². The summed E-state index contributed by atoms with van der Waals surface area (Å²) < 4.78 is 7.80. The normalized spacial score (nSPS) is 14.9. The van der Waals surface area contributed by atoms with Gasteiger partial charge in [-0.2, -0.15) is 9.50 Å².